The highest BCUT2D eigenvalue weighted by Crippen LogP contribution is 2.27. The van der Waals surface area contributed by atoms with Crippen LogP contribution in [-0.4, -0.2) is 40.1 Å². The number of carbonyl (C=O) groups is 2. The summed E-state index contributed by atoms with van der Waals surface area (Å²) in [6, 6.07) is 3.08. The molecule has 10 nitrogen and oxygen atoms in total. The average molecular weight is 418 g/mol. The first-order valence-corrected chi connectivity index (χ1v) is 8.51. The second-order valence-electron chi connectivity index (χ2n) is 4.72. The molecular formula is C14H15FN4O6S2. The first kappa shape index (κ1) is 20.8. The predicted octanol–water partition coefficient (Wildman–Crippen LogP) is 2.40. The number of halogens is 1. The van der Waals surface area contributed by atoms with E-state index in [9.17, 15) is 14.0 Å². The third-order valence-corrected chi connectivity index (χ3v) is 4.22. The maximum Gasteiger partial charge on any atom is 0.371 e. The van der Waals surface area contributed by atoms with Crippen LogP contribution in [0.1, 0.15) is 17.3 Å². The highest BCUT2D eigenvalue weighted by Gasteiger charge is 2.18. The molecule has 1 aromatic carbocycles. The van der Waals surface area contributed by atoms with Gasteiger partial charge >= 0.3 is 18.0 Å². The fourth-order valence-corrected chi connectivity index (χ4v) is 2.54. The quantitative estimate of drug-likeness (QED) is 0.181. The van der Waals surface area contributed by atoms with Crippen LogP contribution in [0.5, 0.6) is 6.01 Å². The number of hydrogen-bond acceptors (Lipinski definition) is 9. The molecule has 0 saturated heterocycles. The molecule has 0 bridgehead atoms. The van der Waals surface area contributed by atoms with Gasteiger partial charge in [0.1, 0.15) is 5.82 Å². The van der Waals surface area contributed by atoms with Gasteiger partial charge in [-0.25, -0.2) is 14.0 Å². The maximum atomic E-state index is 13.9. The van der Waals surface area contributed by atoms with E-state index in [1.807, 2.05) is 5.48 Å². The third-order valence-electron chi connectivity index (χ3n) is 3.06. The van der Waals surface area contributed by atoms with Gasteiger partial charge in [-0.15, -0.1) is 14.1 Å². The zero-order chi connectivity index (χ0) is 20.0. The van der Waals surface area contributed by atoms with Crippen molar-refractivity contribution in [3.05, 3.63) is 34.4 Å². The van der Waals surface area contributed by atoms with Crippen molar-refractivity contribution in [2.45, 2.75) is 11.8 Å². The minimum absolute atomic E-state index is 0.0503. The summed E-state index contributed by atoms with van der Waals surface area (Å²) in [5, 5.41) is 3.88. The summed E-state index contributed by atoms with van der Waals surface area (Å²) in [6.45, 7) is 2.09. The van der Waals surface area contributed by atoms with Crippen molar-refractivity contribution in [2.75, 3.05) is 13.7 Å². The van der Waals surface area contributed by atoms with Crippen molar-refractivity contribution in [3.8, 4) is 6.01 Å². The van der Waals surface area contributed by atoms with Crippen LogP contribution in [0.25, 0.3) is 0 Å². The number of methoxy groups -OCH3 is 1. The Hall–Kier alpha value is -2.48. The van der Waals surface area contributed by atoms with Crippen molar-refractivity contribution >= 4 is 36.3 Å². The fraction of sp³-hybridized carbons (Fsp3) is 0.286. The summed E-state index contributed by atoms with van der Waals surface area (Å²) in [4.78, 5) is 28.0. The van der Waals surface area contributed by atoms with Gasteiger partial charge in [0.25, 0.3) is 0 Å². The van der Waals surface area contributed by atoms with E-state index in [2.05, 4.69) is 19.2 Å². The van der Waals surface area contributed by atoms with Gasteiger partial charge in [-0.2, -0.15) is 5.48 Å². The molecule has 1 heterocycles. The molecule has 0 aliphatic carbocycles. The Bertz CT molecular complexity index is 900. The van der Waals surface area contributed by atoms with E-state index < -0.39 is 17.8 Å². The predicted molar refractivity (Wildman–Crippen MR) is 92.9 cm³/mol. The number of esters is 1. The van der Waals surface area contributed by atoms with Gasteiger partial charge < -0.3 is 9.47 Å². The largest absolute Gasteiger partial charge is 0.465 e. The lowest BCUT2D eigenvalue weighted by molar-refractivity contribution is -0.229. The molecule has 27 heavy (non-hydrogen) atoms. The summed E-state index contributed by atoms with van der Waals surface area (Å²) >= 11 is 5.43. The molecule has 1 N–H and O–H groups in total. The maximum absolute atomic E-state index is 13.9. The van der Waals surface area contributed by atoms with Crippen LogP contribution < -0.4 is 10.2 Å². The van der Waals surface area contributed by atoms with Crippen molar-refractivity contribution in [1.82, 2.24) is 19.8 Å². The number of hydrogen-bond donors (Lipinski definition) is 1. The fourth-order valence-electron chi connectivity index (χ4n) is 1.82. The highest BCUT2D eigenvalue weighted by molar-refractivity contribution is 7.94. The van der Waals surface area contributed by atoms with E-state index in [1.54, 1.807) is 14.0 Å². The number of hydroxylamine groups is 1. The molecule has 0 radical (unpaired) electrons. The molecule has 0 unspecified atom stereocenters. The Morgan fingerprint density at radius 1 is 1.41 bits per heavy atom. The Kier molecular flexibility index (Phi) is 7.29. The molecule has 2 rings (SSSR count). The zero-order valence-electron chi connectivity index (χ0n) is 14.4. The smallest absolute Gasteiger partial charge is 0.371 e. The normalized spacial score (nSPS) is 10.5. The number of aromatic nitrogens is 3. The van der Waals surface area contributed by atoms with Gasteiger partial charge in [0.2, 0.25) is 4.77 Å². The molecular weight excluding hydrogens is 403 g/mol. The summed E-state index contributed by atoms with van der Waals surface area (Å²) in [7, 11) is 2.73. The highest BCUT2D eigenvalue weighted by atomic mass is 32.2. The molecule has 0 saturated carbocycles. The number of nitrogens with zero attached hydrogens (tertiary/aromatic N) is 3. The molecule has 2 aromatic rings. The van der Waals surface area contributed by atoms with Crippen LogP contribution in [0.3, 0.4) is 0 Å². The molecule has 146 valence electrons. The van der Waals surface area contributed by atoms with Gasteiger partial charge in [-0.1, -0.05) is 11.1 Å². The Balaban J connectivity index is 1.98. The molecule has 0 atom stereocenters. The summed E-state index contributed by atoms with van der Waals surface area (Å²) < 4.78 is 30.6. The second kappa shape index (κ2) is 9.45. The van der Waals surface area contributed by atoms with Crippen LogP contribution in [0, 0.1) is 10.6 Å². The van der Waals surface area contributed by atoms with Crippen LogP contribution in [0.2, 0.25) is 0 Å². The third kappa shape index (κ3) is 4.82. The number of nitrogens with one attached hydrogen (secondary N) is 1. The minimum Gasteiger partial charge on any atom is -0.465 e. The zero-order valence-corrected chi connectivity index (χ0v) is 16.1. The Morgan fingerprint density at radius 2 is 2.15 bits per heavy atom. The summed E-state index contributed by atoms with van der Waals surface area (Å²) in [5.74, 6) is -1.49. The van der Waals surface area contributed by atoms with Crippen molar-refractivity contribution in [1.29, 1.82) is 0 Å². The Labute approximate surface area is 162 Å². The first-order valence-electron chi connectivity index (χ1n) is 7.36. The van der Waals surface area contributed by atoms with Gasteiger partial charge in [0, 0.05) is 7.05 Å². The summed E-state index contributed by atoms with van der Waals surface area (Å²) in [6.07, 6.45) is 0. The molecule has 0 fully saturated rings. The lowest BCUT2D eigenvalue weighted by atomic mass is 10.2. The topological polar surface area (TPSA) is 106 Å². The van der Waals surface area contributed by atoms with Crippen LogP contribution in [0.4, 0.5) is 9.18 Å². The van der Waals surface area contributed by atoms with Crippen LogP contribution in [-0.2, 0) is 21.1 Å². The van der Waals surface area contributed by atoms with Crippen molar-refractivity contribution < 1.29 is 32.8 Å². The van der Waals surface area contributed by atoms with E-state index in [0.717, 1.165) is 17.9 Å². The van der Waals surface area contributed by atoms with Gasteiger partial charge in [-0.3, -0.25) is 4.57 Å². The number of rotatable bonds is 7. The molecule has 0 aliphatic rings. The SMILES string of the molecule is CCOc1nn(C(=O)NOOSc2c(F)cccc2C(=O)OC)c(=S)n1C. The van der Waals surface area contributed by atoms with E-state index in [1.165, 1.54) is 16.7 Å². The van der Waals surface area contributed by atoms with Crippen LogP contribution >= 0.6 is 24.3 Å². The van der Waals surface area contributed by atoms with Gasteiger partial charge in [-0.05, 0) is 31.3 Å². The molecule has 1 amide bonds. The van der Waals surface area contributed by atoms with Crippen LogP contribution in [0.15, 0.2) is 23.1 Å². The molecule has 0 aliphatic heterocycles. The van der Waals surface area contributed by atoms with E-state index in [4.69, 9.17) is 17.0 Å². The molecule has 1 aromatic heterocycles. The second-order valence-corrected chi connectivity index (χ2v) is 5.80. The van der Waals surface area contributed by atoms with E-state index >= 15 is 0 Å². The van der Waals surface area contributed by atoms with Crippen molar-refractivity contribution in [3.63, 3.8) is 0 Å². The summed E-state index contributed by atoms with van der Waals surface area (Å²) in [5.41, 5.74) is 1.85. The van der Waals surface area contributed by atoms with E-state index in [0.29, 0.717) is 18.6 Å². The van der Waals surface area contributed by atoms with Gasteiger partial charge in [0.15, 0.2) is 0 Å². The average Bonchev–Trinajstić information content (AvgIpc) is 2.94. The lowest BCUT2D eigenvalue weighted by Gasteiger charge is -2.07. The minimum atomic E-state index is -0.871. The monoisotopic (exact) mass is 418 g/mol. The van der Waals surface area contributed by atoms with Crippen molar-refractivity contribution in [2.24, 2.45) is 7.05 Å². The first-order chi connectivity index (χ1) is 12.9. The van der Waals surface area contributed by atoms with Gasteiger partial charge in [0.05, 0.1) is 36.2 Å². The Morgan fingerprint density at radius 3 is 2.81 bits per heavy atom. The molecule has 13 heteroatoms. The standard InChI is InChI=1S/C14H15FN4O6S2/c1-4-23-13-16-19(14(26)18(13)2)12(21)17-24-25-27-10-8(11(20)22-3)6-5-7-9(10)15/h5-7H,4H2,1-3H3,(H,17,21). The lowest BCUT2D eigenvalue weighted by Crippen LogP contribution is -2.29. The number of carbonyl (C=O) groups excluding carboxylic acids is 2. The number of benzene rings is 1. The van der Waals surface area contributed by atoms with E-state index in [-0.39, 0.29) is 21.2 Å². The number of amides is 1. The number of ether oxygens (including phenoxy) is 2. The molecule has 0 spiro atoms.